The lowest BCUT2D eigenvalue weighted by Gasteiger charge is -2.26. The molecule has 37 heavy (non-hydrogen) atoms. The summed E-state index contributed by atoms with van der Waals surface area (Å²) in [5.74, 6) is -1.44. The first kappa shape index (κ1) is 24.4. The predicted octanol–water partition coefficient (Wildman–Crippen LogP) is 2.06. The van der Waals surface area contributed by atoms with Gasteiger partial charge in [-0.05, 0) is 42.2 Å². The van der Waals surface area contributed by atoms with Crippen LogP contribution in [0.25, 0.3) is 10.9 Å². The highest BCUT2D eigenvalue weighted by molar-refractivity contribution is 6.02. The molecule has 3 heterocycles. The van der Waals surface area contributed by atoms with Crippen LogP contribution in [0.1, 0.15) is 40.5 Å². The molecule has 5 rings (SSSR count). The van der Waals surface area contributed by atoms with Crippen molar-refractivity contribution in [3.05, 3.63) is 65.4 Å². The summed E-state index contributed by atoms with van der Waals surface area (Å²) >= 11 is 0. The Morgan fingerprint density at radius 3 is 2.68 bits per heavy atom. The van der Waals surface area contributed by atoms with Crippen LogP contribution in [0.5, 0.6) is 5.75 Å². The summed E-state index contributed by atoms with van der Waals surface area (Å²) < 4.78 is 10.3. The van der Waals surface area contributed by atoms with E-state index < -0.39 is 29.9 Å². The Morgan fingerprint density at radius 1 is 1.14 bits per heavy atom. The van der Waals surface area contributed by atoms with E-state index >= 15 is 0 Å². The highest BCUT2D eigenvalue weighted by Gasteiger charge is 2.41. The summed E-state index contributed by atoms with van der Waals surface area (Å²) in [5, 5.41) is 6.26. The van der Waals surface area contributed by atoms with Gasteiger partial charge in [-0.25, -0.2) is 4.79 Å². The average Bonchev–Trinajstić information content (AvgIpc) is 3.63. The first-order valence-electron chi connectivity index (χ1n) is 12.1. The summed E-state index contributed by atoms with van der Waals surface area (Å²) in [6, 6.07) is 12.6. The van der Waals surface area contributed by atoms with Crippen LogP contribution in [-0.2, 0) is 25.7 Å². The van der Waals surface area contributed by atoms with Crippen molar-refractivity contribution in [3.63, 3.8) is 0 Å². The van der Waals surface area contributed by atoms with Crippen molar-refractivity contribution in [2.45, 2.75) is 31.5 Å². The van der Waals surface area contributed by atoms with Gasteiger partial charge < -0.3 is 30.0 Å². The Balaban J connectivity index is 1.44. The van der Waals surface area contributed by atoms with Gasteiger partial charge in [0.05, 0.1) is 14.2 Å². The highest BCUT2D eigenvalue weighted by Crippen LogP contribution is 2.36. The SMILES string of the molecule is COC(=O)[C@H](C[C@@H]1CCNC1=O)NC(=O)C1c2ccccc2CN1C(=O)c1cc2c(OC)cccc2[nH]1. The number of H-pyrrole nitrogens is 1. The van der Waals surface area contributed by atoms with Gasteiger partial charge in [-0.1, -0.05) is 30.3 Å². The minimum Gasteiger partial charge on any atom is -0.496 e. The number of benzene rings is 2. The maximum absolute atomic E-state index is 13.7. The topological polar surface area (TPSA) is 130 Å². The van der Waals surface area contributed by atoms with E-state index in [-0.39, 0.29) is 24.8 Å². The second kappa shape index (κ2) is 9.96. The average molecular weight is 505 g/mol. The molecule has 0 saturated carbocycles. The molecule has 2 aliphatic heterocycles. The number of amides is 3. The minimum absolute atomic E-state index is 0.119. The highest BCUT2D eigenvalue weighted by atomic mass is 16.5. The molecular weight excluding hydrogens is 476 g/mol. The molecule has 0 radical (unpaired) electrons. The fraction of sp³-hybridized carbons (Fsp3) is 0.333. The largest absolute Gasteiger partial charge is 0.496 e. The van der Waals surface area contributed by atoms with Crippen molar-refractivity contribution in [1.29, 1.82) is 0 Å². The standard InChI is InChI=1S/C27H28N4O6/c1-36-22-9-5-8-19-18(22)13-20(29-19)26(34)31-14-16-6-3-4-7-17(16)23(31)25(33)30-21(27(35)37-2)12-15-10-11-28-24(15)32/h3-9,13,15,21,23,29H,10-12,14H2,1-2H3,(H,28,32)(H,30,33)/t15-,21-,23?/m0/s1. The molecule has 0 aliphatic carbocycles. The van der Waals surface area contributed by atoms with Crippen LogP contribution in [-0.4, -0.2) is 60.4 Å². The molecule has 1 aromatic heterocycles. The lowest BCUT2D eigenvalue weighted by atomic mass is 9.97. The first-order valence-corrected chi connectivity index (χ1v) is 12.1. The maximum Gasteiger partial charge on any atom is 0.328 e. The predicted molar refractivity (Wildman–Crippen MR) is 134 cm³/mol. The van der Waals surface area contributed by atoms with Crippen LogP contribution < -0.4 is 15.4 Å². The molecule has 3 amide bonds. The van der Waals surface area contributed by atoms with Gasteiger partial charge in [0.25, 0.3) is 5.91 Å². The number of hydrogen-bond donors (Lipinski definition) is 3. The Bertz CT molecular complexity index is 1380. The lowest BCUT2D eigenvalue weighted by Crippen LogP contribution is -2.48. The van der Waals surface area contributed by atoms with Crippen LogP contribution in [0.3, 0.4) is 0 Å². The van der Waals surface area contributed by atoms with Gasteiger partial charge in [0.1, 0.15) is 23.5 Å². The summed E-state index contributed by atoms with van der Waals surface area (Å²) in [6.45, 7) is 0.756. The second-order valence-electron chi connectivity index (χ2n) is 9.24. The molecule has 1 unspecified atom stereocenters. The molecule has 2 aromatic carbocycles. The third-order valence-corrected chi connectivity index (χ3v) is 7.07. The van der Waals surface area contributed by atoms with Gasteiger partial charge in [0.15, 0.2) is 0 Å². The number of esters is 1. The molecule has 3 aromatic rings. The summed E-state index contributed by atoms with van der Waals surface area (Å²) in [5.41, 5.74) is 2.58. The molecule has 0 bridgehead atoms. The molecule has 3 atom stereocenters. The Labute approximate surface area is 213 Å². The van der Waals surface area contributed by atoms with E-state index in [4.69, 9.17) is 9.47 Å². The number of ether oxygens (including phenoxy) is 2. The zero-order valence-electron chi connectivity index (χ0n) is 20.6. The van der Waals surface area contributed by atoms with Gasteiger partial charge in [-0.3, -0.25) is 14.4 Å². The zero-order chi connectivity index (χ0) is 26.1. The van der Waals surface area contributed by atoms with E-state index in [1.807, 2.05) is 36.4 Å². The molecule has 2 aliphatic rings. The Kier molecular flexibility index (Phi) is 6.56. The number of carbonyl (C=O) groups excluding carboxylic acids is 4. The number of hydrogen-bond acceptors (Lipinski definition) is 6. The van der Waals surface area contributed by atoms with Crippen LogP contribution in [0.4, 0.5) is 0 Å². The number of rotatable bonds is 7. The molecule has 10 nitrogen and oxygen atoms in total. The van der Waals surface area contributed by atoms with Crippen LogP contribution in [0.15, 0.2) is 48.5 Å². The van der Waals surface area contributed by atoms with Gasteiger partial charge in [0.2, 0.25) is 11.8 Å². The van der Waals surface area contributed by atoms with Crippen LogP contribution in [0, 0.1) is 5.92 Å². The molecule has 192 valence electrons. The van der Waals surface area contributed by atoms with Crippen molar-refractivity contribution in [3.8, 4) is 5.75 Å². The molecule has 3 N–H and O–H groups in total. The van der Waals surface area contributed by atoms with E-state index in [0.717, 1.165) is 16.5 Å². The van der Waals surface area contributed by atoms with Gasteiger partial charge in [0, 0.05) is 29.9 Å². The fourth-order valence-electron chi connectivity index (χ4n) is 5.20. The number of nitrogens with one attached hydrogen (secondary N) is 3. The monoisotopic (exact) mass is 504 g/mol. The molecule has 1 saturated heterocycles. The maximum atomic E-state index is 13.7. The summed E-state index contributed by atoms with van der Waals surface area (Å²) in [4.78, 5) is 56.6. The van der Waals surface area contributed by atoms with E-state index in [0.29, 0.717) is 30.0 Å². The molecule has 0 spiro atoms. The van der Waals surface area contributed by atoms with Crippen LogP contribution >= 0.6 is 0 Å². The quantitative estimate of drug-likeness (QED) is 0.423. The van der Waals surface area contributed by atoms with Crippen LogP contribution in [0.2, 0.25) is 0 Å². The van der Waals surface area contributed by atoms with E-state index in [1.165, 1.54) is 12.0 Å². The van der Waals surface area contributed by atoms with Gasteiger partial charge in [-0.2, -0.15) is 0 Å². The first-order chi connectivity index (χ1) is 17.9. The smallest absolute Gasteiger partial charge is 0.328 e. The van der Waals surface area contributed by atoms with Crippen molar-refractivity contribution < 1.29 is 28.7 Å². The number of aromatic amines is 1. The van der Waals surface area contributed by atoms with E-state index in [2.05, 4.69) is 15.6 Å². The number of nitrogens with zero attached hydrogens (tertiary/aromatic N) is 1. The van der Waals surface area contributed by atoms with E-state index in [9.17, 15) is 19.2 Å². The number of aromatic nitrogens is 1. The number of fused-ring (bicyclic) bond motifs is 2. The normalized spacial score (nSPS) is 19.3. The summed E-state index contributed by atoms with van der Waals surface area (Å²) in [7, 11) is 2.80. The summed E-state index contributed by atoms with van der Waals surface area (Å²) in [6.07, 6.45) is 0.692. The molecule has 1 fully saturated rings. The molecular formula is C27H28N4O6. The number of carbonyl (C=O) groups is 4. The third kappa shape index (κ3) is 4.50. The molecule has 10 heteroatoms. The van der Waals surface area contributed by atoms with Crippen molar-refractivity contribution in [2.75, 3.05) is 20.8 Å². The van der Waals surface area contributed by atoms with Gasteiger partial charge in [-0.15, -0.1) is 0 Å². The fourth-order valence-corrected chi connectivity index (χ4v) is 5.20. The third-order valence-electron chi connectivity index (χ3n) is 7.07. The van der Waals surface area contributed by atoms with Crippen molar-refractivity contribution in [2.24, 2.45) is 5.92 Å². The second-order valence-corrected chi connectivity index (χ2v) is 9.24. The van der Waals surface area contributed by atoms with Crippen molar-refractivity contribution in [1.82, 2.24) is 20.5 Å². The minimum atomic E-state index is -1.02. The zero-order valence-corrected chi connectivity index (χ0v) is 20.6. The lowest BCUT2D eigenvalue weighted by molar-refractivity contribution is -0.146. The number of methoxy groups -OCH3 is 2. The van der Waals surface area contributed by atoms with Crippen molar-refractivity contribution >= 4 is 34.6 Å². The van der Waals surface area contributed by atoms with Gasteiger partial charge >= 0.3 is 5.97 Å². The van der Waals surface area contributed by atoms with E-state index in [1.54, 1.807) is 19.2 Å². The Morgan fingerprint density at radius 2 is 1.95 bits per heavy atom. The Hall–Kier alpha value is -4.34.